The molecule has 0 aliphatic carbocycles. The molecule has 0 amide bonds. The molecule has 2 nitrogen and oxygen atoms in total. The lowest BCUT2D eigenvalue weighted by Gasteiger charge is -2.44. The van der Waals surface area contributed by atoms with Crippen LogP contribution in [0.1, 0.15) is 60.8 Å². The molecule has 2 atom stereocenters. The Hall–Kier alpha value is -0.0800. The molecule has 1 heterocycles. The maximum absolute atomic E-state index is 3.74. The topological polar surface area (TPSA) is 15.3 Å². The Morgan fingerprint density at radius 3 is 2.44 bits per heavy atom. The quantitative estimate of drug-likeness (QED) is 0.780. The molecular formula is C16H34N2. The average molecular weight is 254 g/mol. The van der Waals surface area contributed by atoms with Gasteiger partial charge < -0.3 is 5.32 Å². The van der Waals surface area contributed by atoms with Crippen molar-refractivity contribution in [1.82, 2.24) is 10.2 Å². The lowest BCUT2D eigenvalue weighted by atomic mass is 9.88. The number of rotatable bonds is 6. The second-order valence-electron chi connectivity index (χ2n) is 7.24. The van der Waals surface area contributed by atoms with Gasteiger partial charge in [-0.25, -0.2) is 0 Å². The van der Waals surface area contributed by atoms with Gasteiger partial charge in [-0.15, -0.1) is 0 Å². The van der Waals surface area contributed by atoms with Crippen molar-refractivity contribution < 1.29 is 0 Å². The molecule has 0 aromatic carbocycles. The number of nitrogens with one attached hydrogen (secondary N) is 1. The third-order valence-electron chi connectivity index (χ3n) is 4.43. The normalized spacial score (nSPS) is 26.8. The molecule has 0 bridgehead atoms. The van der Waals surface area contributed by atoms with Gasteiger partial charge in [0, 0.05) is 31.7 Å². The van der Waals surface area contributed by atoms with Crippen molar-refractivity contribution in [3.63, 3.8) is 0 Å². The van der Waals surface area contributed by atoms with Gasteiger partial charge in [-0.05, 0) is 30.6 Å². The van der Waals surface area contributed by atoms with E-state index in [2.05, 4.69) is 51.8 Å². The molecule has 1 aliphatic heterocycles. The Kier molecular flexibility index (Phi) is 6.13. The summed E-state index contributed by atoms with van der Waals surface area (Å²) < 4.78 is 0. The summed E-state index contributed by atoms with van der Waals surface area (Å²) in [5, 5.41) is 3.74. The highest BCUT2D eigenvalue weighted by Gasteiger charge is 2.30. The summed E-state index contributed by atoms with van der Waals surface area (Å²) in [6, 6.07) is 1.43. The van der Waals surface area contributed by atoms with Crippen molar-refractivity contribution in [2.24, 2.45) is 11.3 Å². The van der Waals surface area contributed by atoms with Crippen LogP contribution in [0.25, 0.3) is 0 Å². The second-order valence-corrected chi connectivity index (χ2v) is 7.24. The summed E-state index contributed by atoms with van der Waals surface area (Å²) in [6.07, 6.45) is 3.84. The standard InChI is InChI=1S/C16H34N2/c1-7-15-10-17-14(9-13(3)4)11-18(15)12-16(5,6)8-2/h13-15,17H,7-12H2,1-6H3. The van der Waals surface area contributed by atoms with Crippen LogP contribution >= 0.6 is 0 Å². The summed E-state index contributed by atoms with van der Waals surface area (Å²) in [5.74, 6) is 0.793. The van der Waals surface area contributed by atoms with Gasteiger partial charge in [0.2, 0.25) is 0 Å². The Morgan fingerprint density at radius 2 is 1.94 bits per heavy atom. The zero-order valence-corrected chi connectivity index (χ0v) is 13.4. The molecular weight excluding hydrogens is 220 g/mol. The lowest BCUT2D eigenvalue weighted by molar-refractivity contribution is 0.0752. The summed E-state index contributed by atoms with van der Waals surface area (Å²) in [4.78, 5) is 2.74. The molecule has 1 fully saturated rings. The molecule has 2 heteroatoms. The van der Waals surface area contributed by atoms with E-state index in [1.54, 1.807) is 0 Å². The zero-order valence-electron chi connectivity index (χ0n) is 13.4. The van der Waals surface area contributed by atoms with Gasteiger partial charge in [0.05, 0.1) is 0 Å². The van der Waals surface area contributed by atoms with E-state index in [9.17, 15) is 0 Å². The van der Waals surface area contributed by atoms with Crippen LogP contribution in [0.3, 0.4) is 0 Å². The van der Waals surface area contributed by atoms with Crippen molar-refractivity contribution in [3.8, 4) is 0 Å². The molecule has 1 N–H and O–H groups in total. The fourth-order valence-electron chi connectivity index (χ4n) is 2.91. The highest BCUT2D eigenvalue weighted by Crippen LogP contribution is 2.25. The average Bonchev–Trinajstić information content (AvgIpc) is 2.28. The van der Waals surface area contributed by atoms with Gasteiger partial charge >= 0.3 is 0 Å². The van der Waals surface area contributed by atoms with Crippen LogP contribution in [-0.2, 0) is 0 Å². The van der Waals surface area contributed by atoms with Gasteiger partial charge in [-0.2, -0.15) is 0 Å². The van der Waals surface area contributed by atoms with E-state index < -0.39 is 0 Å². The van der Waals surface area contributed by atoms with E-state index in [0.717, 1.165) is 12.0 Å². The molecule has 2 unspecified atom stereocenters. The Balaban J connectivity index is 2.59. The van der Waals surface area contributed by atoms with Crippen molar-refractivity contribution in [2.45, 2.75) is 72.9 Å². The fourth-order valence-corrected chi connectivity index (χ4v) is 2.91. The monoisotopic (exact) mass is 254 g/mol. The van der Waals surface area contributed by atoms with Gasteiger partial charge in [0.15, 0.2) is 0 Å². The van der Waals surface area contributed by atoms with Crippen LogP contribution in [0.2, 0.25) is 0 Å². The van der Waals surface area contributed by atoms with Crippen molar-refractivity contribution in [3.05, 3.63) is 0 Å². The number of hydrogen-bond donors (Lipinski definition) is 1. The van der Waals surface area contributed by atoms with Gasteiger partial charge in [0.25, 0.3) is 0 Å². The van der Waals surface area contributed by atoms with E-state index in [0.29, 0.717) is 11.5 Å². The molecule has 1 saturated heterocycles. The van der Waals surface area contributed by atoms with E-state index in [4.69, 9.17) is 0 Å². The first-order chi connectivity index (χ1) is 8.38. The van der Waals surface area contributed by atoms with Gasteiger partial charge in [0.1, 0.15) is 0 Å². The predicted octanol–water partition coefficient (Wildman–Crippen LogP) is 3.52. The molecule has 1 aliphatic rings. The summed E-state index contributed by atoms with van der Waals surface area (Å²) in [5.41, 5.74) is 0.452. The van der Waals surface area contributed by atoms with E-state index in [-0.39, 0.29) is 0 Å². The summed E-state index contributed by atoms with van der Waals surface area (Å²) >= 11 is 0. The smallest absolute Gasteiger partial charge is 0.0219 e. The van der Waals surface area contributed by atoms with Gasteiger partial charge in [-0.1, -0.05) is 41.5 Å². The first-order valence-electron chi connectivity index (χ1n) is 7.85. The van der Waals surface area contributed by atoms with Crippen molar-refractivity contribution in [1.29, 1.82) is 0 Å². The minimum Gasteiger partial charge on any atom is -0.311 e. The Labute approximate surface area is 115 Å². The third kappa shape index (κ3) is 4.89. The summed E-state index contributed by atoms with van der Waals surface area (Å²) in [6.45, 7) is 17.8. The lowest BCUT2D eigenvalue weighted by Crippen LogP contribution is -2.58. The van der Waals surface area contributed by atoms with Crippen LogP contribution in [0, 0.1) is 11.3 Å². The Bertz CT molecular complexity index is 235. The molecule has 0 aromatic heterocycles. The molecule has 0 radical (unpaired) electrons. The minimum absolute atomic E-state index is 0.452. The third-order valence-corrected chi connectivity index (χ3v) is 4.43. The van der Waals surface area contributed by atoms with Crippen LogP contribution in [0.15, 0.2) is 0 Å². The van der Waals surface area contributed by atoms with Crippen LogP contribution in [0.4, 0.5) is 0 Å². The van der Waals surface area contributed by atoms with Gasteiger partial charge in [-0.3, -0.25) is 4.90 Å². The number of piperazine rings is 1. The largest absolute Gasteiger partial charge is 0.311 e. The Morgan fingerprint density at radius 1 is 1.28 bits per heavy atom. The first-order valence-corrected chi connectivity index (χ1v) is 7.85. The van der Waals surface area contributed by atoms with Crippen LogP contribution < -0.4 is 5.32 Å². The van der Waals surface area contributed by atoms with E-state index >= 15 is 0 Å². The molecule has 18 heavy (non-hydrogen) atoms. The summed E-state index contributed by atoms with van der Waals surface area (Å²) in [7, 11) is 0. The molecule has 0 aromatic rings. The number of nitrogens with zero attached hydrogens (tertiary/aromatic N) is 1. The maximum Gasteiger partial charge on any atom is 0.0219 e. The molecule has 0 spiro atoms. The predicted molar refractivity (Wildman–Crippen MR) is 81.0 cm³/mol. The highest BCUT2D eigenvalue weighted by molar-refractivity contribution is 4.88. The first kappa shape index (κ1) is 16.0. The number of hydrogen-bond acceptors (Lipinski definition) is 2. The van der Waals surface area contributed by atoms with Crippen LogP contribution in [0.5, 0.6) is 0 Å². The fraction of sp³-hybridized carbons (Fsp3) is 1.00. The zero-order chi connectivity index (χ0) is 13.8. The molecule has 1 rings (SSSR count). The van der Waals surface area contributed by atoms with E-state index in [1.165, 1.54) is 38.9 Å². The van der Waals surface area contributed by atoms with E-state index in [1.807, 2.05) is 0 Å². The minimum atomic E-state index is 0.452. The molecule has 0 saturated carbocycles. The highest BCUT2D eigenvalue weighted by atomic mass is 15.2. The SMILES string of the molecule is CCC1CNC(CC(C)C)CN1CC(C)(C)CC. The molecule has 108 valence electrons. The van der Waals surface area contributed by atoms with Crippen molar-refractivity contribution >= 4 is 0 Å². The van der Waals surface area contributed by atoms with Crippen LogP contribution in [-0.4, -0.2) is 36.6 Å². The van der Waals surface area contributed by atoms with Crippen molar-refractivity contribution in [2.75, 3.05) is 19.6 Å². The maximum atomic E-state index is 3.74. The second kappa shape index (κ2) is 6.91.